The Hall–Kier alpha value is -2.76. The lowest BCUT2D eigenvalue weighted by Gasteiger charge is -2.32. The van der Waals surface area contributed by atoms with Gasteiger partial charge < -0.3 is 10.2 Å². The number of rotatable bonds is 10. The van der Waals surface area contributed by atoms with E-state index in [0.717, 1.165) is 16.0 Å². The topological polar surface area (TPSA) is 49.4 Å². The van der Waals surface area contributed by atoms with Crippen LogP contribution in [-0.4, -0.2) is 34.6 Å². The van der Waals surface area contributed by atoms with E-state index in [9.17, 15) is 9.59 Å². The second-order valence-corrected chi connectivity index (χ2v) is 9.60. The molecule has 0 heterocycles. The number of thioether (sulfide) groups is 1. The highest BCUT2D eigenvalue weighted by Gasteiger charge is 2.30. The van der Waals surface area contributed by atoms with Gasteiger partial charge in [0.2, 0.25) is 11.8 Å². The van der Waals surface area contributed by atoms with Gasteiger partial charge in [-0.25, -0.2) is 0 Å². The van der Waals surface area contributed by atoms with Gasteiger partial charge in [-0.3, -0.25) is 9.59 Å². The SMILES string of the molecule is CC(C)NC(=O)C(Cc1ccccc1)N(Cc1ccc(Cl)cc1)C(=O)CSc1ccccc1. The Balaban J connectivity index is 1.89. The third-order valence-corrected chi connectivity index (χ3v) is 6.32. The van der Waals surface area contributed by atoms with Crippen molar-refractivity contribution < 1.29 is 9.59 Å². The average Bonchev–Trinajstić information content (AvgIpc) is 2.82. The second kappa shape index (κ2) is 12.5. The van der Waals surface area contributed by atoms with Gasteiger partial charge in [-0.1, -0.05) is 72.3 Å². The van der Waals surface area contributed by atoms with Crippen molar-refractivity contribution in [3.05, 3.63) is 101 Å². The van der Waals surface area contributed by atoms with Crippen molar-refractivity contribution >= 4 is 35.2 Å². The van der Waals surface area contributed by atoms with Gasteiger partial charge in [0.25, 0.3) is 0 Å². The lowest BCUT2D eigenvalue weighted by atomic mass is 10.0. The van der Waals surface area contributed by atoms with Crippen molar-refractivity contribution in [3.8, 4) is 0 Å². The molecular formula is C27H29ClN2O2S. The molecule has 2 amide bonds. The Morgan fingerprint density at radius 3 is 2.09 bits per heavy atom. The van der Waals surface area contributed by atoms with Gasteiger partial charge in [0.15, 0.2) is 0 Å². The number of hydrogen-bond donors (Lipinski definition) is 1. The summed E-state index contributed by atoms with van der Waals surface area (Å²) in [5, 5.41) is 3.64. The normalized spacial score (nSPS) is 11.8. The van der Waals surface area contributed by atoms with E-state index in [-0.39, 0.29) is 23.6 Å². The van der Waals surface area contributed by atoms with E-state index in [1.54, 1.807) is 17.0 Å². The summed E-state index contributed by atoms with van der Waals surface area (Å²) >= 11 is 7.53. The predicted octanol–water partition coefficient (Wildman–Crippen LogP) is 5.60. The highest BCUT2D eigenvalue weighted by Crippen LogP contribution is 2.21. The number of nitrogens with zero attached hydrogens (tertiary/aromatic N) is 1. The molecule has 0 aliphatic rings. The predicted molar refractivity (Wildman–Crippen MR) is 136 cm³/mol. The molecule has 0 radical (unpaired) electrons. The van der Waals surface area contributed by atoms with E-state index in [1.807, 2.05) is 86.6 Å². The summed E-state index contributed by atoms with van der Waals surface area (Å²) in [4.78, 5) is 29.5. The van der Waals surface area contributed by atoms with Crippen LogP contribution in [0.4, 0.5) is 0 Å². The summed E-state index contributed by atoms with van der Waals surface area (Å²) < 4.78 is 0. The molecule has 6 heteroatoms. The molecule has 0 aliphatic carbocycles. The molecule has 4 nitrogen and oxygen atoms in total. The summed E-state index contributed by atoms with van der Waals surface area (Å²) in [5.41, 5.74) is 1.93. The lowest BCUT2D eigenvalue weighted by molar-refractivity contribution is -0.139. The smallest absolute Gasteiger partial charge is 0.243 e. The number of benzene rings is 3. The Labute approximate surface area is 205 Å². The van der Waals surface area contributed by atoms with Crippen molar-refractivity contribution in [2.75, 3.05) is 5.75 Å². The van der Waals surface area contributed by atoms with E-state index in [1.165, 1.54) is 11.8 Å². The number of carbonyl (C=O) groups excluding carboxylic acids is 2. The molecule has 1 unspecified atom stereocenters. The molecule has 3 rings (SSSR count). The summed E-state index contributed by atoms with van der Waals surface area (Å²) in [5.74, 6) is 0.0113. The highest BCUT2D eigenvalue weighted by atomic mass is 35.5. The monoisotopic (exact) mass is 480 g/mol. The lowest BCUT2D eigenvalue weighted by Crippen LogP contribution is -2.52. The van der Waals surface area contributed by atoms with Gasteiger partial charge in [-0.15, -0.1) is 11.8 Å². The largest absolute Gasteiger partial charge is 0.352 e. The van der Waals surface area contributed by atoms with E-state index in [4.69, 9.17) is 11.6 Å². The maximum Gasteiger partial charge on any atom is 0.243 e. The third-order valence-electron chi connectivity index (χ3n) is 5.07. The Kier molecular flexibility index (Phi) is 9.40. The van der Waals surface area contributed by atoms with Crippen molar-refractivity contribution in [2.24, 2.45) is 0 Å². The molecule has 0 aromatic heterocycles. The fraction of sp³-hybridized carbons (Fsp3) is 0.259. The fourth-order valence-electron chi connectivity index (χ4n) is 3.47. The van der Waals surface area contributed by atoms with Crippen LogP contribution in [0.3, 0.4) is 0 Å². The van der Waals surface area contributed by atoms with Crippen molar-refractivity contribution in [1.82, 2.24) is 10.2 Å². The molecule has 0 aliphatic heterocycles. The minimum Gasteiger partial charge on any atom is -0.352 e. The first-order valence-corrected chi connectivity index (χ1v) is 12.3. The Morgan fingerprint density at radius 1 is 0.879 bits per heavy atom. The van der Waals surface area contributed by atoms with Crippen LogP contribution in [0.2, 0.25) is 5.02 Å². The average molecular weight is 481 g/mol. The minimum atomic E-state index is -0.630. The van der Waals surface area contributed by atoms with Crippen molar-refractivity contribution in [2.45, 2.75) is 43.8 Å². The van der Waals surface area contributed by atoms with Gasteiger partial charge in [0.1, 0.15) is 6.04 Å². The standard InChI is InChI=1S/C27H29ClN2O2S/c1-20(2)29-27(32)25(17-21-9-5-3-6-10-21)30(18-22-13-15-23(28)16-14-22)26(31)19-33-24-11-7-4-8-12-24/h3-16,20,25H,17-19H2,1-2H3,(H,29,32). The van der Waals surface area contributed by atoms with Gasteiger partial charge in [-0.2, -0.15) is 0 Å². The molecule has 0 saturated carbocycles. The zero-order valence-electron chi connectivity index (χ0n) is 18.9. The molecule has 0 fully saturated rings. The molecule has 0 spiro atoms. The van der Waals surface area contributed by atoms with E-state index in [0.29, 0.717) is 18.0 Å². The first-order chi connectivity index (χ1) is 15.9. The van der Waals surface area contributed by atoms with Crippen LogP contribution in [0.25, 0.3) is 0 Å². The van der Waals surface area contributed by atoms with Crippen molar-refractivity contribution in [3.63, 3.8) is 0 Å². The molecule has 33 heavy (non-hydrogen) atoms. The first-order valence-electron chi connectivity index (χ1n) is 11.0. The highest BCUT2D eigenvalue weighted by molar-refractivity contribution is 8.00. The Morgan fingerprint density at radius 2 is 1.48 bits per heavy atom. The molecule has 0 saturated heterocycles. The first kappa shape index (κ1) is 24.9. The van der Waals surface area contributed by atoms with E-state index >= 15 is 0 Å². The summed E-state index contributed by atoms with van der Waals surface area (Å²) in [6.45, 7) is 4.18. The maximum absolute atomic E-state index is 13.5. The zero-order valence-corrected chi connectivity index (χ0v) is 20.5. The fourth-order valence-corrected chi connectivity index (χ4v) is 4.40. The van der Waals surface area contributed by atoms with Gasteiger partial charge in [0, 0.05) is 28.9 Å². The van der Waals surface area contributed by atoms with Crippen LogP contribution in [0.1, 0.15) is 25.0 Å². The number of nitrogens with one attached hydrogen (secondary N) is 1. The summed E-state index contributed by atoms with van der Waals surface area (Å²) in [6, 6.07) is 26.4. The third kappa shape index (κ3) is 7.95. The quantitative estimate of drug-likeness (QED) is 0.384. The molecule has 3 aromatic rings. The van der Waals surface area contributed by atoms with Crippen LogP contribution >= 0.6 is 23.4 Å². The maximum atomic E-state index is 13.5. The van der Waals surface area contributed by atoms with Gasteiger partial charge in [0.05, 0.1) is 5.75 Å². The number of hydrogen-bond acceptors (Lipinski definition) is 3. The van der Waals surface area contributed by atoms with Crippen LogP contribution in [0.15, 0.2) is 89.8 Å². The number of carbonyl (C=O) groups is 2. The summed E-state index contributed by atoms with van der Waals surface area (Å²) in [6.07, 6.45) is 0.439. The number of halogens is 1. The van der Waals surface area contributed by atoms with E-state index < -0.39 is 6.04 Å². The molecule has 3 aromatic carbocycles. The molecule has 172 valence electrons. The summed E-state index contributed by atoms with van der Waals surface area (Å²) in [7, 11) is 0. The molecular weight excluding hydrogens is 452 g/mol. The van der Waals surface area contributed by atoms with Gasteiger partial charge >= 0.3 is 0 Å². The van der Waals surface area contributed by atoms with Crippen molar-refractivity contribution in [1.29, 1.82) is 0 Å². The van der Waals surface area contributed by atoms with Crippen LogP contribution in [0, 0.1) is 0 Å². The molecule has 1 atom stereocenters. The van der Waals surface area contributed by atoms with Crippen LogP contribution < -0.4 is 5.32 Å². The number of amides is 2. The molecule has 1 N–H and O–H groups in total. The minimum absolute atomic E-state index is 0.0260. The van der Waals surface area contributed by atoms with E-state index in [2.05, 4.69) is 5.32 Å². The van der Waals surface area contributed by atoms with Crippen LogP contribution in [-0.2, 0) is 22.6 Å². The molecule has 0 bridgehead atoms. The zero-order chi connectivity index (χ0) is 23.6. The second-order valence-electron chi connectivity index (χ2n) is 8.12. The Bertz CT molecular complexity index is 1030. The van der Waals surface area contributed by atoms with Crippen LogP contribution in [0.5, 0.6) is 0 Å². The van der Waals surface area contributed by atoms with Gasteiger partial charge in [-0.05, 0) is 49.2 Å².